The van der Waals surface area contributed by atoms with E-state index in [1.165, 1.54) is 30.0 Å². The summed E-state index contributed by atoms with van der Waals surface area (Å²) in [5.74, 6) is -0.819. The molecular weight excluding hydrogens is 380 g/mol. The van der Waals surface area contributed by atoms with Crippen molar-refractivity contribution in [2.75, 3.05) is 23.0 Å². The highest BCUT2D eigenvalue weighted by Crippen LogP contribution is 2.27. The molecule has 0 fully saturated rings. The Morgan fingerprint density at radius 3 is 2.39 bits per heavy atom. The minimum absolute atomic E-state index is 0.0303. The van der Waals surface area contributed by atoms with Crippen molar-refractivity contribution in [3.8, 4) is 5.75 Å². The summed E-state index contributed by atoms with van der Waals surface area (Å²) in [7, 11) is -1.77. The highest BCUT2D eigenvalue weighted by Gasteiger charge is 2.16. The number of anilines is 2. The van der Waals surface area contributed by atoms with Gasteiger partial charge in [0.1, 0.15) is 5.75 Å². The second-order valence-electron chi connectivity index (χ2n) is 6.27. The molecule has 0 spiro atoms. The Labute approximate surface area is 164 Å². The van der Waals surface area contributed by atoms with Crippen LogP contribution in [0.15, 0.2) is 53.4 Å². The molecular formula is C20H24N2O5S. The number of para-hydroxylation sites is 1. The number of phenolic OH excluding ortho intramolecular Hbond substituents is 1. The molecule has 2 amide bonds. The van der Waals surface area contributed by atoms with E-state index in [0.717, 1.165) is 5.69 Å². The fourth-order valence-electron chi connectivity index (χ4n) is 2.55. The Bertz CT molecular complexity index is 942. The van der Waals surface area contributed by atoms with Crippen molar-refractivity contribution >= 4 is 33.0 Å². The summed E-state index contributed by atoms with van der Waals surface area (Å²) >= 11 is 0. The van der Waals surface area contributed by atoms with Gasteiger partial charge in [0, 0.05) is 25.6 Å². The molecule has 2 rings (SSSR count). The van der Waals surface area contributed by atoms with Crippen LogP contribution in [0, 0.1) is 0 Å². The number of nitrogens with zero attached hydrogens (tertiary/aromatic N) is 1. The number of carbonyl (C=O) groups excluding carboxylic acids is 2. The van der Waals surface area contributed by atoms with Crippen LogP contribution in [0.2, 0.25) is 0 Å². The first-order valence-electron chi connectivity index (χ1n) is 8.92. The lowest BCUT2D eigenvalue weighted by Gasteiger charge is -2.17. The van der Waals surface area contributed by atoms with Gasteiger partial charge in [-0.2, -0.15) is 0 Å². The largest absolute Gasteiger partial charge is 0.506 e. The first-order chi connectivity index (χ1) is 13.2. The van der Waals surface area contributed by atoms with Crippen molar-refractivity contribution in [2.45, 2.75) is 31.1 Å². The van der Waals surface area contributed by atoms with Gasteiger partial charge in [-0.05, 0) is 36.8 Å². The molecule has 0 aliphatic rings. The van der Waals surface area contributed by atoms with Gasteiger partial charge in [-0.1, -0.05) is 25.1 Å². The fourth-order valence-corrected chi connectivity index (χ4v) is 3.46. The van der Waals surface area contributed by atoms with Crippen LogP contribution in [0.5, 0.6) is 5.75 Å². The highest BCUT2D eigenvalue weighted by molar-refractivity contribution is 7.91. The number of aromatic hydroxyl groups is 1. The Kier molecular flexibility index (Phi) is 7.17. The van der Waals surface area contributed by atoms with Crippen LogP contribution >= 0.6 is 0 Å². The summed E-state index contributed by atoms with van der Waals surface area (Å²) in [5, 5.41) is 12.4. The molecule has 0 aromatic heterocycles. The first-order valence-corrected chi connectivity index (χ1v) is 10.6. The van der Waals surface area contributed by atoms with E-state index in [-0.39, 0.29) is 40.8 Å². The highest BCUT2D eigenvalue weighted by atomic mass is 32.2. The molecule has 0 saturated carbocycles. The molecule has 0 aliphatic heterocycles. The van der Waals surface area contributed by atoms with Crippen molar-refractivity contribution in [3.63, 3.8) is 0 Å². The summed E-state index contributed by atoms with van der Waals surface area (Å²) in [6.07, 6.45) is 0.586. The lowest BCUT2D eigenvalue weighted by atomic mass is 10.2. The number of hydrogen-bond donors (Lipinski definition) is 2. The van der Waals surface area contributed by atoms with E-state index >= 15 is 0 Å². The van der Waals surface area contributed by atoms with Crippen LogP contribution in [0.1, 0.15) is 26.2 Å². The summed E-state index contributed by atoms with van der Waals surface area (Å²) in [4.78, 5) is 25.9. The maximum absolute atomic E-state index is 12.2. The SMILES string of the molecule is CCS(=O)(=O)c1ccc(O)c(NC(=O)CCCC(=O)N(C)c2ccccc2)c1. The van der Waals surface area contributed by atoms with Gasteiger partial charge in [0.15, 0.2) is 9.84 Å². The molecule has 0 heterocycles. The van der Waals surface area contributed by atoms with Gasteiger partial charge >= 0.3 is 0 Å². The van der Waals surface area contributed by atoms with Crippen molar-refractivity contribution in [1.82, 2.24) is 0 Å². The molecule has 0 saturated heterocycles. The summed E-state index contributed by atoms with van der Waals surface area (Å²) in [6, 6.07) is 13.0. The van der Waals surface area contributed by atoms with E-state index in [2.05, 4.69) is 5.32 Å². The van der Waals surface area contributed by atoms with Crippen LogP contribution in [-0.2, 0) is 19.4 Å². The number of benzene rings is 2. The van der Waals surface area contributed by atoms with Crippen LogP contribution in [0.4, 0.5) is 11.4 Å². The molecule has 0 bridgehead atoms. The predicted molar refractivity (Wildman–Crippen MR) is 108 cm³/mol. The monoisotopic (exact) mass is 404 g/mol. The Morgan fingerprint density at radius 2 is 1.75 bits per heavy atom. The molecule has 0 unspecified atom stereocenters. The lowest BCUT2D eigenvalue weighted by molar-refractivity contribution is -0.118. The minimum atomic E-state index is -3.45. The zero-order valence-electron chi connectivity index (χ0n) is 15.9. The molecule has 2 aromatic rings. The third-order valence-corrected chi connectivity index (χ3v) is 6.03. The quantitative estimate of drug-likeness (QED) is 0.659. The number of amides is 2. The maximum Gasteiger partial charge on any atom is 0.226 e. The van der Waals surface area contributed by atoms with Gasteiger partial charge in [0.2, 0.25) is 11.8 Å². The minimum Gasteiger partial charge on any atom is -0.506 e. The smallest absolute Gasteiger partial charge is 0.226 e. The molecule has 2 N–H and O–H groups in total. The van der Waals surface area contributed by atoms with Crippen LogP contribution < -0.4 is 10.2 Å². The second kappa shape index (κ2) is 9.36. The van der Waals surface area contributed by atoms with Crippen LogP contribution in [-0.4, -0.2) is 38.1 Å². The number of phenols is 1. The number of hydrogen-bond acceptors (Lipinski definition) is 5. The van der Waals surface area contributed by atoms with Gasteiger partial charge in [0.05, 0.1) is 16.3 Å². The number of rotatable bonds is 8. The van der Waals surface area contributed by atoms with Crippen molar-refractivity contribution in [1.29, 1.82) is 0 Å². The van der Waals surface area contributed by atoms with Crippen molar-refractivity contribution < 1.29 is 23.1 Å². The van der Waals surface area contributed by atoms with E-state index in [1.54, 1.807) is 7.05 Å². The second-order valence-corrected chi connectivity index (χ2v) is 8.55. The van der Waals surface area contributed by atoms with Crippen LogP contribution in [0.25, 0.3) is 0 Å². The zero-order valence-corrected chi connectivity index (χ0v) is 16.7. The molecule has 8 heteroatoms. The molecule has 0 radical (unpaired) electrons. The Hall–Kier alpha value is -2.87. The average molecular weight is 404 g/mol. The molecule has 150 valence electrons. The third-order valence-electron chi connectivity index (χ3n) is 4.29. The molecule has 28 heavy (non-hydrogen) atoms. The van der Waals surface area contributed by atoms with E-state index in [0.29, 0.717) is 6.42 Å². The Balaban J connectivity index is 1.91. The van der Waals surface area contributed by atoms with Gasteiger partial charge in [0.25, 0.3) is 0 Å². The normalized spacial score (nSPS) is 11.1. The third kappa shape index (κ3) is 5.56. The van der Waals surface area contributed by atoms with Gasteiger partial charge in [-0.3, -0.25) is 9.59 Å². The van der Waals surface area contributed by atoms with Crippen molar-refractivity contribution in [3.05, 3.63) is 48.5 Å². The Morgan fingerprint density at radius 1 is 1.07 bits per heavy atom. The molecule has 0 aliphatic carbocycles. The van der Waals surface area contributed by atoms with E-state index in [4.69, 9.17) is 0 Å². The summed E-state index contributed by atoms with van der Waals surface area (Å²) < 4.78 is 23.9. The van der Waals surface area contributed by atoms with Gasteiger partial charge < -0.3 is 15.3 Å². The maximum atomic E-state index is 12.2. The fraction of sp³-hybridized carbons (Fsp3) is 0.300. The number of carbonyl (C=O) groups is 2. The van der Waals surface area contributed by atoms with E-state index in [1.807, 2.05) is 30.3 Å². The summed E-state index contributed by atoms with van der Waals surface area (Å²) in [6.45, 7) is 1.52. The average Bonchev–Trinajstić information content (AvgIpc) is 2.69. The lowest BCUT2D eigenvalue weighted by Crippen LogP contribution is -2.26. The van der Waals surface area contributed by atoms with Gasteiger partial charge in [-0.25, -0.2) is 8.42 Å². The standard InChI is InChI=1S/C20H24N2O5S/c1-3-28(26,27)16-12-13-18(23)17(14-16)21-19(24)10-7-11-20(25)22(2)15-8-5-4-6-9-15/h4-6,8-9,12-14,23H,3,7,10-11H2,1-2H3,(H,21,24). The molecule has 2 aromatic carbocycles. The topological polar surface area (TPSA) is 104 Å². The first kappa shape index (κ1) is 21.4. The number of nitrogens with one attached hydrogen (secondary N) is 1. The summed E-state index contributed by atoms with van der Waals surface area (Å²) in [5.41, 5.74) is 0.808. The zero-order chi connectivity index (χ0) is 20.7. The molecule has 7 nitrogen and oxygen atoms in total. The predicted octanol–water partition coefficient (Wildman–Crippen LogP) is 2.96. The van der Waals surface area contributed by atoms with Gasteiger partial charge in [-0.15, -0.1) is 0 Å². The number of sulfone groups is 1. The van der Waals surface area contributed by atoms with E-state index < -0.39 is 15.7 Å². The van der Waals surface area contributed by atoms with E-state index in [9.17, 15) is 23.1 Å². The van der Waals surface area contributed by atoms with Crippen molar-refractivity contribution in [2.24, 2.45) is 0 Å². The van der Waals surface area contributed by atoms with Crippen LogP contribution in [0.3, 0.4) is 0 Å². The molecule has 0 atom stereocenters.